The van der Waals surface area contributed by atoms with Crippen molar-refractivity contribution >= 4 is 0 Å². The van der Waals surface area contributed by atoms with Crippen molar-refractivity contribution in [1.82, 2.24) is 4.90 Å². The first kappa shape index (κ1) is 16.7. The Morgan fingerprint density at radius 3 is 2.32 bits per heavy atom. The second-order valence-corrected chi connectivity index (χ2v) is 5.33. The molecule has 6 heteroatoms. The highest BCUT2D eigenvalue weighted by Gasteiger charge is 2.38. The second-order valence-electron chi connectivity index (χ2n) is 5.33. The number of hydrogen-bond acceptors (Lipinski definition) is 3. The lowest BCUT2D eigenvalue weighted by atomic mass is 9.86. The summed E-state index contributed by atoms with van der Waals surface area (Å²) in [4.78, 5) is 2.13. The third-order valence-corrected chi connectivity index (χ3v) is 4.10. The summed E-state index contributed by atoms with van der Waals surface area (Å²) in [5.41, 5.74) is -0.463. The monoisotopic (exact) mass is 283 g/mol. The van der Waals surface area contributed by atoms with Gasteiger partial charge in [-0.2, -0.15) is 13.2 Å². The molecule has 1 heterocycles. The Hall–Kier alpha value is -0.330. The van der Waals surface area contributed by atoms with E-state index in [-0.39, 0.29) is 12.8 Å². The average Bonchev–Trinajstić information content (AvgIpc) is 2.37. The number of alkyl halides is 3. The Labute approximate surface area is 112 Å². The van der Waals surface area contributed by atoms with E-state index >= 15 is 0 Å². The van der Waals surface area contributed by atoms with Gasteiger partial charge in [0, 0.05) is 25.0 Å². The Bertz CT molecular complexity index is 267. The van der Waals surface area contributed by atoms with Crippen LogP contribution >= 0.6 is 0 Å². The van der Waals surface area contributed by atoms with Crippen molar-refractivity contribution in [2.24, 2.45) is 0 Å². The zero-order valence-corrected chi connectivity index (χ0v) is 11.7. The SMILES string of the molecule is CCC(C)(C(O)CCCC(F)(F)F)N1CCOCC1. The molecule has 1 N–H and O–H groups in total. The van der Waals surface area contributed by atoms with Gasteiger partial charge in [-0.25, -0.2) is 0 Å². The highest BCUT2D eigenvalue weighted by Crippen LogP contribution is 2.29. The number of ether oxygens (including phenoxy) is 1. The zero-order chi connectivity index (χ0) is 14.5. The van der Waals surface area contributed by atoms with E-state index in [4.69, 9.17) is 4.74 Å². The molecule has 2 unspecified atom stereocenters. The zero-order valence-electron chi connectivity index (χ0n) is 11.7. The van der Waals surface area contributed by atoms with E-state index in [1.54, 1.807) is 0 Å². The van der Waals surface area contributed by atoms with Gasteiger partial charge in [0.25, 0.3) is 0 Å². The number of aliphatic hydroxyl groups is 1. The summed E-state index contributed by atoms with van der Waals surface area (Å²) < 4.78 is 41.7. The molecule has 1 aliphatic rings. The first-order chi connectivity index (χ1) is 8.79. The Morgan fingerprint density at radius 1 is 1.26 bits per heavy atom. The Morgan fingerprint density at radius 2 is 1.84 bits per heavy atom. The van der Waals surface area contributed by atoms with Crippen molar-refractivity contribution in [3.05, 3.63) is 0 Å². The Kier molecular flexibility index (Phi) is 6.08. The van der Waals surface area contributed by atoms with Crippen LogP contribution in [0.4, 0.5) is 13.2 Å². The number of morpholine rings is 1. The van der Waals surface area contributed by atoms with Gasteiger partial charge >= 0.3 is 6.18 Å². The van der Waals surface area contributed by atoms with Gasteiger partial charge in [-0.15, -0.1) is 0 Å². The topological polar surface area (TPSA) is 32.7 Å². The van der Waals surface area contributed by atoms with E-state index < -0.39 is 24.2 Å². The number of hydrogen-bond donors (Lipinski definition) is 1. The van der Waals surface area contributed by atoms with E-state index in [1.807, 2.05) is 13.8 Å². The van der Waals surface area contributed by atoms with Crippen molar-refractivity contribution < 1.29 is 23.0 Å². The maximum atomic E-state index is 12.1. The van der Waals surface area contributed by atoms with Crippen LogP contribution in [-0.4, -0.2) is 54.1 Å². The molecule has 0 radical (unpaired) electrons. The van der Waals surface area contributed by atoms with E-state index in [0.29, 0.717) is 19.6 Å². The van der Waals surface area contributed by atoms with Crippen molar-refractivity contribution in [1.29, 1.82) is 0 Å². The summed E-state index contributed by atoms with van der Waals surface area (Å²) in [5.74, 6) is 0. The molecule has 0 aromatic carbocycles. The van der Waals surface area contributed by atoms with Crippen LogP contribution in [-0.2, 0) is 4.74 Å². The minimum absolute atomic E-state index is 0.0232. The van der Waals surface area contributed by atoms with Gasteiger partial charge in [0.1, 0.15) is 0 Å². The standard InChI is InChI=1S/C13H24F3NO2/c1-3-12(2,17-7-9-19-10-8-17)11(18)5-4-6-13(14,15)16/h11,18H,3-10H2,1-2H3. The van der Waals surface area contributed by atoms with Crippen LogP contribution in [0.15, 0.2) is 0 Å². The molecular formula is C13H24F3NO2. The van der Waals surface area contributed by atoms with E-state index in [1.165, 1.54) is 0 Å². The van der Waals surface area contributed by atoms with Crippen molar-refractivity contribution in [3.8, 4) is 0 Å². The molecule has 114 valence electrons. The molecule has 1 rings (SSSR count). The molecule has 0 aromatic heterocycles. The minimum Gasteiger partial charge on any atom is -0.391 e. The van der Waals surface area contributed by atoms with Gasteiger partial charge in [-0.3, -0.25) is 4.90 Å². The molecular weight excluding hydrogens is 259 g/mol. The quantitative estimate of drug-likeness (QED) is 0.813. The van der Waals surface area contributed by atoms with Crippen molar-refractivity contribution in [2.75, 3.05) is 26.3 Å². The number of nitrogens with zero attached hydrogens (tertiary/aromatic N) is 1. The minimum atomic E-state index is -4.14. The predicted molar refractivity (Wildman–Crippen MR) is 67.0 cm³/mol. The molecule has 0 aromatic rings. The van der Waals surface area contributed by atoms with Crippen LogP contribution < -0.4 is 0 Å². The van der Waals surface area contributed by atoms with E-state index in [0.717, 1.165) is 13.1 Å². The van der Waals surface area contributed by atoms with Gasteiger partial charge in [0.2, 0.25) is 0 Å². The molecule has 0 aliphatic carbocycles. The number of halogens is 3. The highest BCUT2D eigenvalue weighted by molar-refractivity contribution is 4.92. The molecule has 1 saturated heterocycles. The first-order valence-corrected chi connectivity index (χ1v) is 6.87. The summed E-state index contributed by atoms with van der Waals surface area (Å²) in [5, 5.41) is 10.3. The molecule has 0 saturated carbocycles. The molecule has 0 amide bonds. The summed E-state index contributed by atoms with van der Waals surface area (Å²) in [6.45, 7) is 6.57. The van der Waals surface area contributed by atoms with Crippen molar-refractivity contribution in [3.63, 3.8) is 0 Å². The van der Waals surface area contributed by atoms with Crippen LogP contribution in [0.5, 0.6) is 0 Å². The third-order valence-electron chi connectivity index (χ3n) is 4.10. The first-order valence-electron chi connectivity index (χ1n) is 6.87. The molecule has 3 nitrogen and oxygen atoms in total. The molecule has 0 bridgehead atoms. The number of rotatable bonds is 6. The van der Waals surface area contributed by atoms with Crippen LogP contribution in [0, 0.1) is 0 Å². The van der Waals surface area contributed by atoms with Gasteiger partial charge in [-0.05, 0) is 26.2 Å². The van der Waals surface area contributed by atoms with Crippen LogP contribution in [0.1, 0.15) is 39.5 Å². The van der Waals surface area contributed by atoms with Crippen LogP contribution in [0.25, 0.3) is 0 Å². The fourth-order valence-electron chi connectivity index (χ4n) is 2.55. The molecule has 1 fully saturated rings. The van der Waals surface area contributed by atoms with E-state index in [2.05, 4.69) is 4.90 Å². The number of aliphatic hydroxyl groups excluding tert-OH is 1. The Balaban J connectivity index is 2.51. The molecule has 0 spiro atoms. The van der Waals surface area contributed by atoms with Crippen molar-refractivity contribution in [2.45, 2.75) is 57.3 Å². The van der Waals surface area contributed by atoms with Crippen LogP contribution in [0.3, 0.4) is 0 Å². The second kappa shape index (κ2) is 6.90. The molecule has 2 atom stereocenters. The molecule has 19 heavy (non-hydrogen) atoms. The predicted octanol–water partition coefficient (Wildman–Crippen LogP) is 2.58. The van der Waals surface area contributed by atoms with Gasteiger partial charge in [0.05, 0.1) is 19.3 Å². The lowest BCUT2D eigenvalue weighted by Crippen LogP contribution is -2.57. The molecule has 1 aliphatic heterocycles. The lowest BCUT2D eigenvalue weighted by molar-refractivity contribution is -0.138. The summed E-state index contributed by atoms with van der Waals surface area (Å²) in [6, 6.07) is 0. The fraction of sp³-hybridized carbons (Fsp3) is 1.00. The maximum absolute atomic E-state index is 12.1. The smallest absolute Gasteiger partial charge is 0.389 e. The van der Waals surface area contributed by atoms with Crippen LogP contribution in [0.2, 0.25) is 0 Å². The van der Waals surface area contributed by atoms with Gasteiger partial charge in [0.15, 0.2) is 0 Å². The van der Waals surface area contributed by atoms with Gasteiger partial charge < -0.3 is 9.84 Å². The largest absolute Gasteiger partial charge is 0.391 e. The normalized spacial score (nSPS) is 23.1. The lowest BCUT2D eigenvalue weighted by Gasteiger charge is -2.46. The summed E-state index contributed by atoms with van der Waals surface area (Å²) in [7, 11) is 0. The fourth-order valence-corrected chi connectivity index (χ4v) is 2.55. The summed E-state index contributed by atoms with van der Waals surface area (Å²) in [6.07, 6.45) is -4.83. The third kappa shape index (κ3) is 4.93. The summed E-state index contributed by atoms with van der Waals surface area (Å²) >= 11 is 0. The average molecular weight is 283 g/mol. The van der Waals surface area contributed by atoms with Gasteiger partial charge in [-0.1, -0.05) is 6.92 Å². The highest BCUT2D eigenvalue weighted by atomic mass is 19.4. The van der Waals surface area contributed by atoms with E-state index in [9.17, 15) is 18.3 Å². The maximum Gasteiger partial charge on any atom is 0.389 e.